The average Bonchev–Trinajstić information content (AvgIpc) is 1.27. The maximum absolute atomic E-state index is 10.7. The summed E-state index contributed by atoms with van der Waals surface area (Å²) < 4.78 is 42.5. The van der Waals surface area contributed by atoms with E-state index in [1.54, 1.807) is 0 Å². The van der Waals surface area contributed by atoms with E-state index in [1.807, 2.05) is 0 Å². The molecule has 44 valence electrons. The van der Waals surface area contributed by atoms with Crippen molar-refractivity contribution in [3.05, 3.63) is 0 Å². The van der Waals surface area contributed by atoms with Crippen molar-refractivity contribution in [3.63, 3.8) is 0 Å². The van der Waals surface area contributed by atoms with Crippen molar-refractivity contribution in [1.82, 2.24) is 0 Å². The van der Waals surface area contributed by atoms with Gasteiger partial charge in [0.15, 0.2) is 0 Å². The van der Waals surface area contributed by atoms with Crippen LogP contribution < -0.4 is 0 Å². The third kappa shape index (κ3) is 5.77. The molecule has 0 fully saturated rings. The number of hydrogen-bond acceptors (Lipinski definition) is 3. The molecule has 0 spiro atoms. The first kappa shape index (κ1) is 6.77. The molecule has 0 bridgehead atoms. The Hall–Kier alpha value is -0.230. The summed E-state index contributed by atoms with van der Waals surface area (Å²) >= 11 is 0. The predicted octanol–water partition coefficient (Wildman–Crippen LogP) is -0.248. The molecule has 3 nitrogen and oxygen atoms in total. The first-order chi connectivity index (χ1) is 3.13. The maximum atomic E-state index is 10.7. The van der Waals surface area contributed by atoms with Crippen LogP contribution in [0.15, 0.2) is 0 Å². The topological polar surface area (TPSA) is 43.4 Å². The van der Waals surface area contributed by atoms with E-state index in [0.717, 1.165) is 0 Å². The quantitative estimate of drug-likeness (QED) is 0.527. The van der Waals surface area contributed by atoms with Crippen LogP contribution in [0.4, 0.5) is 8.78 Å². The van der Waals surface area contributed by atoms with Crippen LogP contribution in [0.5, 0.6) is 0 Å². The van der Waals surface area contributed by atoms with E-state index in [0.29, 0.717) is 0 Å². The number of halogens is 2. The molecule has 0 aliphatic heterocycles. The van der Waals surface area contributed by atoms with Gasteiger partial charge in [0.25, 0.3) is 11.0 Å². The van der Waals surface area contributed by atoms with Gasteiger partial charge in [-0.1, -0.05) is 0 Å². The van der Waals surface area contributed by atoms with Crippen molar-refractivity contribution in [2.24, 2.45) is 0 Å². The van der Waals surface area contributed by atoms with Crippen molar-refractivity contribution < 1.29 is 21.4 Å². The Bertz CT molecular complexity index is 99.5. The highest BCUT2D eigenvalue weighted by molar-refractivity contribution is 7.67. The van der Waals surface area contributed by atoms with Gasteiger partial charge in [-0.2, -0.15) is 8.78 Å². The molecule has 6 heteroatoms. The summed E-state index contributed by atoms with van der Waals surface area (Å²) in [4.78, 5) is 0. The minimum absolute atomic E-state index is 2.87. The number of hydrogen-bond donors (Lipinski definition) is 1. The molecule has 7 heavy (non-hydrogen) atoms. The molecule has 0 rings (SSSR count). The molecule has 0 aliphatic carbocycles. The average molecular weight is 132 g/mol. The SMILES string of the molecule is O=[SH](=O)OC(F)F. The van der Waals surface area contributed by atoms with Crippen LogP contribution in [-0.2, 0) is 15.2 Å². The van der Waals surface area contributed by atoms with E-state index in [2.05, 4.69) is 4.18 Å². The normalized spacial score (nSPS) is 10.9. The van der Waals surface area contributed by atoms with Crippen molar-refractivity contribution in [2.45, 2.75) is 6.61 Å². The van der Waals surface area contributed by atoms with Crippen LogP contribution in [0, 0.1) is 0 Å². The molecule has 0 N–H and O–H groups in total. The van der Waals surface area contributed by atoms with E-state index in [9.17, 15) is 8.78 Å². The van der Waals surface area contributed by atoms with Gasteiger partial charge in [-0.05, 0) is 0 Å². The molecule has 0 radical (unpaired) electrons. The Morgan fingerprint density at radius 3 is 1.86 bits per heavy atom. The summed E-state index contributed by atoms with van der Waals surface area (Å²) in [5.41, 5.74) is 0. The van der Waals surface area contributed by atoms with Crippen LogP contribution in [0.1, 0.15) is 0 Å². The summed E-state index contributed by atoms with van der Waals surface area (Å²) in [7, 11) is -3.39. The zero-order valence-electron chi connectivity index (χ0n) is 3.01. The van der Waals surface area contributed by atoms with Crippen LogP contribution in [-0.4, -0.2) is 15.0 Å². The second kappa shape index (κ2) is 2.86. The van der Waals surface area contributed by atoms with Crippen molar-refractivity contribution in [1.29, 1.82) is 0 Å². The monoisotopic (exact) mass is 132 g/mol. The highest BCUT2D eigenvalue weighted by atomic mass is 32.2. The second-order valence-corrected chi connectivity index (χ2v) is 1.25. The van der Waals surface area contributed by atoms with E-state index in [-0.39, 0.29) is 0 Å². The lowest BCUT2D eigenvalue weighted by atomic mass is 11.5. The standard InChI is InChI=1S/CH2F2O3S/c2-1(3)6-7(4)5/h1,7H. The van der Waals surface area contributed by atoms with Gasteiger partial charge in [-0.3, -0.25) is 0 Å². The first-order valence-electron chi connectivity index (χ1n) is 1.22. The molecule has 0 saturated heterocycles. The molecule has 0 heterocycles. The van der Waals surface area contributed by atoms with E-state index in [4.69, 9.17) is 8.42 Å². The van der Waals surface area contributed by atoms with Crippen LogP contribution in [0.25, 0.3) is 0 Å². The zero-order valence-corrected chi connectivity index (χ0v) is 3.90. The van der Waals surface area contributed by atoms with E-state index in [1.165, 1.54) is 0 Å². The van der Waals surface area contributed by atoms with Crippen molar-refractivity contribution >= 4 is 11.0 Å². The van der Waals surface area contributed by atoms with E-state index >= 15 is 0 Å². The molecule has 0 atom stereocenters. The highest BCUT2D eigenvalue weighted by Crippen LogP contribution is 1.91. The van der Waals surface area contributed by atoms with Gasteiger partial charge in [-0.25, -0.2) is 12.6 Å². The largest absolute Gasteiger partial charge is 0.358 e. The molecule has 0 aliphatic rings. The Morgan fingerprint density at radius 1 is 1.43 bits per heavy atom. The number of alkyl halides is 2. The Kier molecular flexibility index (Phi) is 2.77. The third-order valence-electron chi connectivity index (χ3n) is 0.166. The van der Waals surface area contributed by atoms with Crippen molar-refractivity contribution in [3.8, 4) is 0 Å². The number of thiol groups is 1. The van der Waals surface area contributed by atoms with Gasteiger partial charge >= 0.3 is 6.61 Å². The lowest BCUT2D eigenvalue weighted by molar-refractivity contribution is -0.0409. The molecule has 0 saturated carbocycles. The highest BCUT2D eigenvalue weighted by Gasteiger charge is 1.99. The van der Waals surface area contributed by atoms with E-state index < -0.39 is 17.6 Å². The second-order valence-electron chi connectivity index (χ2n) is 0.590. The van der Waals surface area contributed by atoms with Gasteiger partial charge in [-0.15, -0.1) is 0 Å². The predicted molar refractivity (Wildman–Crippen MR) is 17.4 cm³/mol. The minimum Gasteiger partial charge on any atom is -0.205 e. The van der Waals surface area contributed by atoms with Gasteiger partial charge in [0.2, 0.25) is 0 Å². The fourth-order valence-corrected chi connectivity index (χ4v) is 0.195. The molecule has 0 unspecified atom stereocenters. The number of rotatable bonds is 2. The summed E-state index contributed by atoms with van der Waals surface area (Å²) in [5.74, 6) is 0. The summed E-state index contributed by atoms with van der Waals surface area (Å²) in [6.07, 6.45) is 0. The lowest BCUT2D eigenvalue weighted by Crippen LogP contribution is -1.94. The minimum atomic E-state index is -3.39. The Balaban J connectivity index is 3.32. The smallest absolute Gasteiger partial charge is 0.205 e. The molecule has 0 aromatic heterocycles. The Morgan fingerprint density at radius 2 is 1.86 bits per heavy atom. The molecular weight excluding hydrogens is 130 g/mol. The summed E-state index contributed by atoms with van der Waals surface area (Å²) in [6.45, 7) is -3.22. The van der Waals surface area contributed by atoms with Gasteiger partial charge in [0.05, 0.1) is 0 Å². The molecule has 0 amide bonds. The summed E-state index contributed by atoms with van der Waals surface area (Å²) in [5, 5.41) is 0. The Labute approximate surface area is 40.1 Å². The van der Waals surface area contributed by atoms with Crippen LogP contribution in [0.2, 0.25) is 0 Å². The van der Waals surface area contributed by atoms with Gasteiger partial charge in [0, 0.05) is 0 Å². The van der Waals surface area contributed by atoms with Crippen LogP contribution in [0.3, 0.4) is 0 Å². The maximum Gasteiger partial charge on any atom is 0.358 e. The van der Waals surface area contributed by atoms with Gasteiger partial charge in [0.1, 0.15) is 0 Å². The van der Waals surface area contributed by atoms with Crippen molar-refractivity contribution in [2.75, 3.05) is 0 Å². The molecular formula is CH2F2O3S. The fourth-order valence-electron chi connectivity index (χ4n) is 0.0651. The lowest BCUT2D eigenvalue weighted by Gasteiger charge is -1.85. The molecule has 0 aromatic rings. The molecule has 0 aromatic carbocycles. The van der Waals surface area contributed by atoms with Gasteiger partial charge < -0.3 is 0 Å². The third-order valence-corrected chi connectivity index (χ3v) is 0.497. The zero-order chi connectivity index (χ0) is 5.86. The first-order valence-corrected chi connectivity index (χ1v) is 2.32. The van der Waals surface area contributed by atoms with Crippen LogP contribution >= 0.6 is 0 Å². The fraction of sp³-hybridized carbons (Fsp3) is 1.00. The summed E-state index contributed by atoms with van der Waals surface area (Å²) in [6, 6.07) is 0.